The van der Waals surface area contributed by atoms with Gasteiger partial charge in [0.1, 0.15) is 0 Å². The van der Waals surface area contributed by atoms with Crippen LogP contribution in [0.2, 0.25) is 0 Å². The van der Waals surface area contributed by atoms with Crippen molar-refractivity contribution in [1.82, 2.24) is 5.32 Å². The average Bonchev–Trinajstić information content (AvgIpc) is 2.54. The van der Waals surface area contributed by atoms with Crippen LogP contribution in [-0.2, 0) is 9.53 Å². The zero-order valence-electron chi connectivity index (χ0n) is 13.3. The zero-order valence-corrected chi connectivity index (χ0v) is 13.3. The highest BCUT2D eigenvalue weighted by molar-refractivity contribution is 5.93. The van der Waals surface area contributed by atoms with Gasteiger partial charge in [0.2, 0.25) is 0 Å². The van der Waals surface area contributed by atoms with E-state index in [-0.39, 0.29) is 6.61 Å². The first-order chi connectivity index (χ1) is 11.0. The van der Waals surface area contributed by atoms with Gasteiger partial charge in [-0.15, -0.1) is 0 Å². The van der Waals surface area contributed by atoms with Gasteiger partial charge >= 0.3 is 5.97 Å². The number of nitriles is 2. The quantitative estimate of drug-likeness (QED) is 0.868. The zero-order chi connectivity index (χ0) is 17.0. The molecule has 0 aliphatic carbocycles. The number of dihydropyridines is 1. The molecule has 1 unspecified atom stereocenters. The second kappa shape index (κ2) is 6.81. The number of esters is 1. The Hall–Kier alpha value is -3.05. The number of hydrogen-bond acceptors (Lipinski definition) is 5. The fourth-order valence-corrected chi connectivity index (χ4v) is 2.70. The molecule has 0 spiro atoms. The van der Waals surface area contributed by atoms with E-state index in [2.05, 4.69) is 17.5 Å². The van der Waals surface area contributed by atoms with Gasteiger partial charge in [0.15, 0.2) is 0 Å². The molecule has 23 heavy (non-hydrogen) atoms. The largest absolute Gasteiger partial charge is 0.463 e. The van der Waals surface area contributed by atoms with E-state index in [1.54, 1.807) is 45.0 Å². The molecule has 2 rings (SSSR count). The summed E-state index contributed by atoms with van der Waals surface area (Å²) in [6.45, 7) is 5.61. The number of nitrogens with zero attached hydrogens (tertiary/aromatic N) is 2. The minimum atomic E-state index is -0.493. The summed E-state index contributed by atoms with van der Waals surface area (Å²) < 4.78 is 5.16. The molecule has 1 N–H and O–H groups in total. The smallest absolute Gasteiger partial charge is 0.336 e. The first-order valence-electron chi connectivity index (χ1n) is 7.29. The lowest BCUT2D eigenvalue weighted by Crippen LogP contribution is -2.28. The molecular weight excluding hydrogens is 290 g/mol. The number of benzene rings is 1. The van der Waals surface area contributed by atoms with Crippen LogP contribution in [0.4, 0.5) is 0 Å². The lowest BCUT2D eigenvalue weighted by molar-refractivity contribution is -0.138. The van der Waals surface area contributed by atoms with E-state index in [1.165, 1.54) is 0 Å². The molecule has 1 aliphatic heterocycles. The van der Waals surface area contributed by atoms with E-state index < -0.39 is 11.9 Å². The van der Waals surface area contributed by atoms with Crippen LogP contribution in [0.15, 0.2) is 46.8 Å². The second-order valence-corrected chi connectivity index (χ2v) is 5.20. The Balaban J connectivity index is 2.59. The summed E-state index contributed by atoms with van der Waals surface area (Å²) in [7, 11) is 0. The molecule has 5 nitrogen and oxygen atoms in total. The summed E-state index contributed by atoms with van der Waals surface area (Å²) >= 11 is 0. The minimum absolute atomic E-state index is 0.264. The van der Waals surface area contributed by atoms with Crippen LogP contribution in [0, 0.1) is 22.7 Å². The van der Waals surface area contributed by atoms with Crippen molar-refractivity contribution < 1.29 is 9.53 Å². The van der Waals surface area contributed by atoms with Gasteiger partial charge in [-0.1, -0.05) is 12.1 Å². The molecular formula is C18H17N3O2. The number of carbonyl (C=O) groups excluding carboxylic acids is 1. The third-order valence-corrected chi connectivity index (χ3v) is 3.75. The van der Waals surface area contributed by atoms with Gasteiger partial charge in [0.25, 0.3) is 0 Å². The Morgan fingerprint density at radius 1 is 1.17 bits per heavy atom. The fraction of sp³-hybridized carbons (Fsp3) is 0.278. The molecule has 116 valence electrons. The van der Waals surface area contributed by atoms with Crippen LogP contribution in [0.3, 0.4) is 0 Å². The van der Waals surface area contributed by atoms with Crippen LogP contribution >= 0.6 is 0 Å². The number of hydrogen-bond donors (Lipinski definition) is 1. The van der Waals surface area contributed by atoms with Crippen LogP contribution < -0.4 is 5.32 Å². The number of allylic oxidation sites excluding steroid dienone is 3. The second-order valence-electron chi connectivity index (χ2n) is 5.20. The SMILES string of the molecule is CCOC(=O)C1=C(C)NC(C)=C(C#N)C1c1ccc(C#N)cc1. The summed E-state index contributed by atoms with van der Waals surface area (Å²) in [4.78, 5) is 12.4. The minimum Gasteiger partial charge on any atom is -0.463 e. The fourth-order valence-electron chi connectivity index (χ4n) is 2.70. The van der Waals surface area contributed by atoms with Crippen molar-refractivity contribution in [3.8, 4) is 12.1 Å². The molecule has 0 radical (unpaired) electrons. The third kappa shape index (κ3) is 3.09. The molecule has 0 fully saturated rings. The molecule has 5 heteroatoms. The number of rotatable bonds is 3. The Labute approximate surface area is 135 Å². The van der Waals surface area contributed by atoms with E-state index in [4.69, 9.17) is 10.00 Å². The Bertz CT molecular complexity index is 774. The van der Waals surface area contributed by atoms with Crippen molar-refractivity contribution >= 4 is 5.97 Å². The van der Waals surface area contributed by atoms with E-state index in [9.17, 15) is 10.1 Å². The van der Waals surface area contributed by atoms with E-state index in [0.29, 0.717) is 28.1 Å². The highest BCUT2D eigenvalue weighted by atomic mass is 16.5. The van der Waals surface area contributed by atoms with Crippen LogP contribution in [0.25, 0.3) is 0 Å². The number of nitrogens with one attached hydrogen (secondary N) is 1. The highest BCUT2D eigenvalue weighted by Gasteiger charge is 2.34. The van der Waals surface area contributed by atoms with Crippen molar-refractivity contribution in [3.63, 3.8) is 0 Å². The summed E-state index contributed by atoms with van der Waals surface area (Å²) in [5.41, 5.74) is 3.60. The van der Waals surface area contributed by atoms with Crippen molar-refractivity contribution in [2.75, 3.05) is 6.61 Å². The van der Waals surface area contributed by atoms with Crippen molar-refractivity contribution in [2.45, 2.75) is 26.7 Å². The standard InChI is InChI=1S/C18H17N3O2/c1-4-23-18(22)16-12(3)21-11(2)15(10-20)17(16)14-7-5-13(9-19)6-8-14/h5-8,17,21H,4H2,1-3H3. The lowest BCUT2D eigenvalue weighted by Gasteiger charge is -2.28. The Morgan fingerprint density at radius 2 is 1.83 bits per heavy atom. The van der Waals surface area contributed by atoms with Gasteiger partial charge in [-0.05, 0) is 38.5 Å². The summed E-state index contributed by atoms with van der Waals surface area (Å²) in [6, 6.07) is 11.1. The van der Waals surface area contributed by atoms with Gasteiger partial charge in [0.05, 0.1) is 41.4 Å². The molecule has 0 saturated carbocycles. The molecule has 0 aromatic heterocycles. The summed E-state index contributed by atoms with van der Waals surface area (Å²) in [6.07, 6.45) is 0. The first-order valence-corrected chi connectivity index (χ1v) is 7.29. The van der Waals surface area contributed by atoms with Gasteiger partial charge in [-0.3, -0.25) is 0 Å². The molecule has 1 aromatic carbocycles. The molecule has 0 amide bonds. The van der Waals surface area contributed by atoms with E-state index in [0.717, 1.165) is 5.56 Å². The Morgan fingerprint density at radius 3 is 2.35 bits per heavy atom. The average molecular weight is 307 g/mol. The normalized spacial score (nSPS) is 17.2. The first kappa shape index (κ1) is 16.3. The van der Waals surface area contributed by atoms with Gasteiger partial charge in [-0.2, -0.15) is 10.5 Å². The third-order valence-electron chi connectivity index (χ3n) is 3.75. The summed E-state index contributed by atoms with van der Waals surface area (Å²) in [5, 5.41) is 21.5. The van der Waals surface area contributed by atoms with Gasteiger partial charge in [-0.25, -0.2) is 4.79 Å². The molecule has 1 aromatic rings. The van der Waals surface area contributed by atoms with Gasteiger partial charge < -0.3 is 10.1 Å². The summed E-state index contributed by atoms with van der Waals surface area (Å²) in [5.74, 6) is -0.930. The van der Waals surface area contributed by atoms with Crippen LogP contribution in [0.5, 0.6) is 0 Å². The lowest BCUT2D eigenvalue weighted by atomic mass is 9.81. The molecule has 0 bridgehead atoms. The maximum Gasteiger partial charge on any atom is 0.336 e. The molecule has 1 aliphatic rings. The molecule has 0 saturated heterocycles. The topological polar surface area (TPSA) is 85.9 Å². The van der Waals surface area contributed by atoms with Crippen molar-refractivity contribution in [3.05, 3.63) is 57.9 Å². The van der Waals surface area contributed by atoms with Gasteiger partial charge in [0, 0.05) is 11.4 Å². The molecule has 1 heterocycles. The molecule has 1 atom stereocenters. The maximum absolute atomic E-state index is 12.4. The van der Waals surface area contributed by atoms with E-state index in [1.807, 2.05) is 0 Å². The Kier molecular flexibility index (Phi) is 4.83. The number of carbonyl (C=O) groups is 1. The monoisotopic (exact) mass is 307 g/mol. The number of ether oxygens (including phenoxy) is 1. The predicted octanol–water partition coefficient (Wildman–Crippen LogP) is 2.88. The maximum atomic E-state index is 12.4. The van der Waals surface area contributed by atoms with Crippen molar-refractivity contribution in [1.29, 1.82) is 10.5 Å². The van der Waals surface area contributed by atoms with Crippen LogP contribution in [0.1, 0.15) is 37.8 Å². The van der Waals surface area contributed by atoms with Crippen LogP contribution in [-0.4, -0.2) is 12.6 Å². The van der Waals surface area contributed by atoms with Crippen molar-refractivity contribution in [2.24, 2.45) is 0 Å². The van der Waals surface area contributed by atoms with E-state index >= 15 is 0 Å². The predicted molar refractivity (Wildman–Crippen MR) is 84.7 cm³/mol. The highest BCUT2D eigenvalue weighted by Crippen LogP contribution is 2.38.